The maximum Gasteiger partial charge on any atom is 0.238 e. The fraction of sp³-hybridized carbons (Fsp3) is 0.333. The number of carbonyl (C=O) groups is 1. The van der Waals surface area contributed by atoms with Crippen molar-refractivity contribution in [3.8, 4) is 0 Å². The van der Waals surface area contributed by atoms with Gasteiger partial charge in [0, 0.05) is 5.69 Å². The molecular weight excluding hydrogens is 342 g/mol. The highest BCUT2D eigenvalue weighted by Crippen LogP contribution is 2.36. The topological polar surface area (TPSA) is 45.2 Å². The molecule has 1 aliphatic heterocycles. The molecule has 2 heterocycles. The molecule has 1 N–H and O–H groups in total. The Labute approximate surface area is 157 Å². The van der Waals surface area contributed by atoms with Crippen LogP contribution >= 0.6 is 11.3 Å². The van der Waals surface area contributed by atoms with Crippen LogP contribution in [0.5, 0.6) is 0 Å². The summed E-state index contributed by atoms with van der Waals surface area (Å²) in [6.45, 7) is 5.50. The maximum absolute atomic E-state index is 12.5. The number of likely N-dealkylation sites (tertiary alicyclic amines) is 1. The van der Waals surface area contributed by atoms with Gasteiger partial charge in [-0.1, -0.05) is 18.2 Å². The number of benzene rings is 2. The van der Waals surface area contributed by atoms with Crippen molar-refractivity contribution in [3.05, 3.63) is 58.6 Å². The van der Waals surface area contributed by atoms with E-state index in [4.69, 9.17) is 4.98 Å². The van der Waals surface area contributed by atoms with Gasteiger partial charge >= 0.3 is 0 Å². The molecular formula is C21H23N3OS. The number of hydrogen-bond acceptors (Lipinski definition) is 4. The molecule has 3 aromatic rings. The molecule has 0 radical (unpaired) electrons. The Morgan fingerprint density at radius 2 is 2.08 bits per heavy atom. The van der Waals surface area contributed by atoms with Crippen molar-refractivity contribution in [1.29, 1.82) is 0 Å². The molecule has 0 bridgehead atoms. The molecule has 4 nitrogen and oxygen atoms in total. The van der Waals surface area contributed by atoms with Gasteiger partial charge in [0.15, 0.2) is 0 Å². The standard InChI is InChI=1S/C21H23N3OS/c1-14-9-10-16(12-15(14)2)22-20(25)13-24-11-5-7-18(24)21-23-17-6-3-4-8-19(17)26-21/h3-4,6,8-10,12,18H,5,7,11,13H2,1-2H3,(H,22,25). The molecule has 1 aromatic heterocycles. The zero-order valence-electron chi connectivity index (χ0n) is 15.2. The zero-order valence-corrected chi connectivity index (χ0v) is 16.0. The van der Waals surface area contributed by atoms with E-state index in [2.05, 4.69) is 36.2 Å². The highest BCUT2D eigenvalue weighted by atomic mass is 32.1. The first-order valence-electron chi connectivity index (χ1n) is 9.07. The molecule has 5 heteroatoms. The summed E-state index contributed by atoms with van der Waals surface area (Å²) in [6, 6.07) is 14.5. The van der Waals surface area contributed by atoms with Crippen LogP contribution in [0.2, 0.25) is 0 Å². The Hall–Kier alpha value is -2.24. The largest absolute Gasteiger partial charge is 0.325 e. The van der Waals surface area contributed by atoms with E-state index < -0.39 is 0 Å². The second kappa shape index (κ2) is 7.17. The molecule has 1 aliphatic rings. The van der Waals surface area contributed by atoms with E-state index >= 15 is 0 Å². The number of rotatable bonds is 4. The number of anilines is 1. The Balaban J connectivity index is 1.46. The molecule has 0 spiro atoms. The monoisotopic (exact) mass is 365 g/mol. The highest BCUT2D eigenvalue weighted by Gasteiger charge is 2.30. The minimum absolute atomic E-state index is 0.0428. The first-order valence-corrected chi connectivity index (χ1v) is 9.88. The zero-order chi connectivity index (χ0) is 18.1. The average molecular weight is 366 g/mol. The van der Waals surface area contributed by atoms with Crippen molar-refractivity contribution in [1.82, 2.24) is 9.88 Å². The van der Waals surface area contributed by atoms with Gasteiger partial charge in [0.25, 0.3) is 0 Å². The van der Waals surface area contributed by atoms with Crippen LogP contribution in [-0.2, 0) is 4.79 Å². The minimum atomic E-state index is 0.0428. The number of carbonyl (C=O) groups excluding carboxylic acids is 1. The second-order valence-electron chi connectivity index (χ2n) is 7.00. The molecule has 1 unspecified atom stereocenters. The molecule has 1 fully saturated rings. The lowest BCUT2D eigenvalue weighted by atomic mass is 10.1. The number of hydrogen-bond donors (Lipinski definition) is 1. The van der Waals surface area contributed by atoms with Crippen molar-refractivity contribution in [2.24, 2.45) is 0 Å². The van der Waals surface area contributed by atoms with E-state index in [1.807, 2.05) is 30.3 Å². The third kappa shape index (κ3) is 3.50. The van der Waals surface area contributed by atoms with Gasteiger partial charge in [-0.05, 0) is 68.6 Å². The van der Waals surface area contributed by atoms with Crippen LogP contribution in [-0.4, -0.2) is 28.9 Å². The van der Waals surface area contributed by atoms with E-state index in [1.165, 1.54) is 15.8 Å². The number of fused-ring (bicyclic) bond motifs is 1. The molecule has 26 heavy (non-hydrogen) atoms. The van der Waals surface area contributed by atoms with Gasteiger partial charge in [-0.3, -0.25) is 9.69 Å². The first kappa shape index (κ1) is 17.2. The number of aromatic nitrogens is 1. The SMILES string of the molecule is Cc1ccc(NC(=O)CN2CCCC2c2nc3ccccc3s2)cc1C. The van der Waals surface area contributed by atoms with Gasteiger partial charge in [0.05, 0.1) is 22.8 Å². The third-order valence-electron chi connectivity index (χ3n) is 5.10. The fourth-order valence-corrected chi connectivity index (χ4v) is 4.67. The van der Waals surface area contributed by atoms with Gasteiger partial charge in [-0.2, -0.15) is 0 Å². The Bertz CT molecular complexity index is 916. The van der Waals surface area contributed by atoms with Crippen LogP contribution in [0.4, 0.5) is 5.69 Å². The van der Waals surface area contributed by atoms with Gasteiger partial charge in [-0.15, -0.1) is 11.3 Å². The van der Waals surface area contributed by atoms with Crippen molar-refractivity contribution >= 4 is 33.1 Å². The molecule has 1 amide bonds. The minimum Gasteiger partial charge on any atom is -0.325 e. The number of aryl methyl sites for hydroxylation is 2. The van der Waals surface area contributed by atoms with Crippen LogP contribution in [0.3, 0.4) is 0 Å². The Morgan fingerprint density at radius 1 is 1.23 bits per heavy atom. The molecule has 4 rings (SSSR count). The van der Waals surface area contributed by atoms with E-state index in [1.54, 1.807) is 11.3 Å². The summed E-state index contributed by atoms with van der Waals surface area (Å²) in [5.41, 5.74) is 4.35. The second-order valence-corrected chi connectivity index (χ2v) is 8.06. The maximum atomic E-state index is 12.5. The van der Waals surface area contributed by atoms with Crippen LogP contribution in [0, 0.1) is 13.8 Å². The van der Waals surface area contributed by atoms with E-state index in [-0.39, 0.29) is 11.9 Å². The van der Waals surface area contributed by atoms with E-state index in [9.17, 15) is 4.79 Å². The number of thiazole rings is 1. The van der Waals surface area contributed by atoms with Crippen molar-refractivity contribution in [2.45, 2.75) is 32.7 Å². The van der Waals surface area contributed by atoms with Gasteiger partial charge in [0.2, 0.25) is 5.91 Å². The van der Waals surface area contributed by atoms with E-state index in [0.29, 0.717) is 6.54 Å². The van der Waals surface area contributed by atoms with Crippen LogP contribution in [0.1, 0.15) is 35.0 Å². The van der Waals surface area contributed by atoms with Crippen LogP contribution in [0.15, 0.2) is 42.5 Å². The first-order chi connectivity index (χ1) is 12.6. The molecule has 1 saturated heterocycles. The average Bonchev–Trinajstić information content (AvgIpc) is 3.24. The summed E-state index contributed by atoms with van der Waals surface area (Å²) >= 11 is 1.75. The third-order valence-corrected chi connectivity index (χ3v) is 6.23. The summed E-state index contributed by atoms with van der Waals surface area (Å²) < 4.78 is 1.22. The van der Waals surface area contributed by atoms with E-state index in [0.717, 1.165) is 35.6 Å². The summed E-state index contributed by atoms with van der Waals surface area (Å²) in [5.74, 6) is 0.0428. The van der Waals surface area contributed by atoms with Crippen molar-refractivity contribution in [2.75, 3.05) is 18.4 Å². The molecule has 1 atom stereocenters. The smallest absolute Gasteiger partial charge is 0.238 e. The molecule has 0 saturated carbocycles. The molecule has 2 aromatic carbocycles. The predicted octanol–water partition coefficient (Wildman–Crippen LogP) is 4.69. The predicted molar refractivity (Wildman–Crippen MR) is 108 cm³/mol. The molecule has 0 aliphatic carbocycles. The number of para-hydroxylation sites is 1. The lowest BCUT2D eigenvalue weighted by molar-refractivity contribution is -0.117. The van der Waals surface area contributed by atoms with Crippen molar-refractivity contribution in [3.63, 3.8) is 0 Å². The number of nitrogens with zero attached hydrogens (tertiary/aromatic N) is 2. The lowest BCUT2D eigenvalue weighted by Crippen LogP contribution is -2.32. The van der Waals surface area contributed by atoms with Gasteiger partial charge < -0.3 is 5.32 Å². The van der Waals surface area contributed by atoms with Crippen LogP contribution in [0.25, 0.3) is 10.2 Å². The Morgan fingerprint density at radius 3 is 2.88 bits per heavy atom. The molecule has 134 valence electrons. The normalized spacial score (nSPS) is 17.7. The lowest BCUT2D eigenvalue weighted by Gasteiger charge is -2.22. The number of nitrogens with one attached hydrogen (secondary N) is 1. The highest BCUT2D eigenvalue weighted by molar-refractivity contribution is 7.18. The fourth-order valence-electron chi connectivity index (χ4n) is 3.53. The Kier molecular flexibility index (Phi) is 4.74. The summed E-state index contributed by atoms with van der Waals surface area (Å²) in [5, 5.41) is 4.17. The summed E-state index contributed by atoms with van der Waals surface area (Å²) in [7, 11) is 0. The summed E-state index contributed by atoms with van der Waals surface area (Å²) in [6.07, 6.45) is 2.17. The van der Waals surface area contributed by atoms with Crippen LogP contribution < -0.4 is 5.32 Å². The van der Waals surface area contributed by atoms with Gasteiger partial charge in [-0.25, -0.2) is 4.98 Å². The number of amides is 1. The quantitative estimate of drug-likeness (QED) is 0.729. The van der Waals surface area contributed by atoms with Crippen molar-refractivity contribution < 1.29 is 4.79 Å². The summed E-state index contributed by atoms with van der Waals surface area (Å²) in [4.78, 5) is 19.6. The van der Waals surface area contributed by atoms with Gasteiger partial charge in [0.1, 0.15) is 5.01 Å².